The van der Waals surface area contributed by atoms with E-state index in [0.717, 1.165) is 21.9 Å². The number of allylic oxidation sites excluding steroid dienone is 1. The van der Waals surface area contributed by atoms with Gasteiger partial charge < -0.3 is 5.73 Å². The highest BCUT2D eigenvalue weighted by Gasteiger charge is 2.26. The second-order valence-electron chi connectivity index (χ2n) is 7.71. The minimum Gasteiger partial charge on any atom is -0.397 e. The van der Waals surface area contributed by atoms with Gasteiger partial charge in [0, 0.05) is 22.1 Å². The summed E-state index contributed by atoms with van der Waals surface area (Å²) in [7, 11) is 0. The number of Topliss-reactive ketones (excluding diaryl/α,β-unsaturated/α-hetero) is 1. The molecule has 4 heteroatoms. The second-order valence-corrected chi connectivity index (χ2v) is 7.71. The maximum atomic E-state index is 13.0. The van der Waals surface area contributed by atoms with Gasteiger partial charge in [-0.3, -0.25) is 14.6 Å². The number of benzene rings is 4. The molecule has 0 aromatic heterocycles. The lowest BCUT2D eigenvalue weighted by Gasteiger charge is -2.20. The van der Waals surface area contributed by atoms with Crippen LogP contribution in [0.5, 0.6) is 0 Å². The first-order valence-corrected chi connectivity index (χ1v) is 10.4. The average molecular weight is 416 g/mol. The Morgan fingerprint density at radius 1 is 0.844 bits per heavy atom. The predicted octanol–water partition coefficient (Wildman–Crippen LogP) is 6.03. The number of para-hydroxylation sites is 2. The van der Waals surface area contributed by atoms with Crippen LogP contribution in [0.25, 0.3) is 16.8 Å². The van der Waals surface area contributed by atoms with E-state index in [2.05, 4.69) is 0 Å². The molecule has 0 aliphatic heterocycles. The number of nitrogens with zero attached hydrogens (tertiary/aromatic N) is 1. The summed E-state index contributed by atoms with van der Waals surface area (Å²) in [6.45, 7) is 0. The van der Waals surface area contributed by atoms with Crippen molar-refractivity contribution in [2.45, 2.75) is 6.42 Å². The minimum atomic E-state index is -0.110. The topological polar surface area (TPSA) is 72.5 Å². The first-order chi connectivity index (χ1) is 15.6. The summed E-state index contributed by atoms with van der Waals surface area (Å²) in [6.07, 6.45) is 3.57. The Hall–Kier alpha value is -4.31. The molecule has 4 aromatic carbocycles. The molecule has 0 heterocycles. The summed E-state index contributed by atoms with van der Waals surface area (Å²) in [6, 6.07) is 26.2. The number of ketones is 2. The Kier molecular flexibility index (Phi) is 4.96. The third kappa shape index (κ3) is 3.52. The molecule has 1 aliphatic rings. The minimum absolute atomic E-state index is 0.0132. The van der Waals surface area contributed by atoms with E-state index in [1.807, 2.05) is 66.7 Å². The van der Waals surface area contributed by atoms with Gasteiger partial charge in [0.25, 0.3) is 0 Å². The van der Waals surface area contributed by atoms with Gasteiger partial charge >= 0.3 is 0 Å². The molecule has 0 saturated heterocycles. The zero-order chi connectivity index (χ0) is 22.1. The molecular formula is C28H20N2O2. The number of aliphatic imine (C=N–C) groups is 1. The number of carbonyl (C=O) groups is 2. The summed E-state index contributed by atoms with van der Waals surface area (Å²) >= 11 is 0. The standard InChI is InChI=1S/C28H20N2O2/c29-23-11-4-5-12-24(23)30-25-17-27(32)22-15-14-19(20-9-6-10-21(25)28(20)22)26(31)16-13-18-7-2-1-3-8-18/h1-16H,17,29H2/b16-13+,30-25?. The fourth-order valence-electron chi connectivity index (χ4n) is 4.10. The third-order valence-electron chi connectivity index (χ3n) is 5.66. The van der Waals surface area contributed by atoms with Crippen LogP contribution in [0.1, 0.15) is 38.3 Å². The smallest absolute Gasteiger partial charge is 0.186 e. The van der Waals surface area contributed by atoms with Gasteiger partial charge in [0.2, 0.25) is 0 Å². The predicted molar refractivity (Wildman–Crippen MR) is 130 cm³/mol. The normalized spacial score (nSPS) is 14.4. The van der Waals surface area contributed by atoms with E-state index in [-0.39, 0.29) is 18.0 Å². The van der Waals surface area contributed by atoms with E-state index in [0.29, 0.717) is 28.2 Å². The molecule has 0 spiro atoms. The molecule has 4 aromatic rings. The lowest BCUT2D eigenvalue weighted by Crippen LogP contribution is -2.18. The molecule has 0 unspecified atom stereocenters. The number of carbonyl (C=O) groups excluding carboxylic acids is 2. The zero-order valence-corrected chi connectivity index (χ0v) is 17.3. The fourth-order valence-corrected chi connectivity index (χ4v) is 4.10. The third-order valence-corrected chi connectivity index (χ3v) is 5.66. The highest BCUT2D eigenvalue weighted by atomic mass is 16.1. The van der Waals surface area contributed by atoms with Crippen LogP contribution in [0.15, 0.2) is 96.0 Å². The Morgan fingerprint density at radius 3 is 2.44 bits per heavy atom. The maximum absolute atomic E-state index is 13.0. The van der Waals surface area contributed by atoms with Crippen molar-refractivity contribution in [3.8, 4) is 0 Å². The zero-order valence-electron chi connectivity index (χ0n) is 17.3. The van der Waals surface area contributed by atoms with E-state index in [1.165, 1.54) is 0 Å². The van der Waals surface area contributed by atoms with Gasteiger partial charge in [0.15, 0.2) is 11.6 Å². The fraction of sp³-hybridized carbons (Fsp3) is 0.0357. The van der Waals surface area contributed by atoms with Crippen LogP contribution in [-0.2, 0) is 0 Å². The number of rotatable bonds is 4. The van der Waals surface area contributed by atoms with Crippen molar-refractivity contribution in [2.24, 2.45) is 4.99 Å². The van der Waals surface area contributed by atoms with Gasteiger partial charge in [0.1, 0.15) is 0 Å². The van der Waals surface area contributed by atoms with E-state index in [1.54, 1.807) is 30.4 Å². The van der Waals surface area contributed by atoms with Crippen LogP contribution in [0.2, 0.25) is 0 Å². The Labute approximate surface area is 185 Å². The van der Waals surface area contributed by atoms with E-state index < -0.39 is 0 Å². The highest BCUT2D eigenvalue weighted by Crippen LogP contribution is 2.34. The molecule has 0 radical (unpaired) electrons. The van der Waals surface area contributed by atoms with Crippen molar-refractivity contribution in [1.82, 2.24) is 0 Å². The summed E-state index contributed by atoms with van der Waals surface area (Å²) in [5.74, 6) is -0.123. The number of nitrogens with two attached hydrogens (primary N) is 1. The molecule has 1 aliphatic carbocycles. The molecule has 2 N–H and O–H groups in total. The van der Waals surface area contributed by atoms with Crippen molar-refractivity contribution in [1.29, 1.82) is 0 Å². The summed E-state index contributed by atoms with van der Waals surface area (Å²) in [5.41, 5.74) is 10.9. The number of hydrogen-bond donors (Lipinski definition) is 1. The van der Waals surface area contributed by atoms with Gasteiger partial charge in [-0.05, 0) is 41.3 Å². The Bertz CT molecular complexity index is 1430. The Balaban J connectivity index is 1.63. The van der Waals surface area contributed by atoms with Crippen LogP contribution >= 0.6 is 0 Å². The van der Waals surface area contributed by atoms with Crippen molar-refractivity contribution in [3.63, 3.8) is 0 Å². The molecule has 0 atom stereocenters. The largest absolute Gasteiger partial charge is 0.397 e. The van der Waals surface area contributed by atoms with Gasteiger partial charge in [-0.1, -0.05) is 66.7 Å². The first-order valence-electron chi connectivity index (χ1n) is 10.4. The lowest BCUT2D eigenvalue weighted by atomic mass is 9.84. The van der Waals surface area contributed by atoms with Crippen molar-refractivity contribution in [2.75, 3.05) is 5.73 Å². The molecular weight excluding hydrogens is 396 g/mol. The Morgan fingerprint density at radius 2 is 1.62 bits per heavy atom. The molecule has 0 fully saturated rings. The van der Waals surface area contributed by atoms with Gasteiger partial charge in [-0.15, -0.1) is 0 Å². The molecule has 32 heavy (non-hydrogen) atoms. The lowest BCUT2D eigenvalue weighted by molar-refractivity contribution is 0.0998. The van der Waals surface area contributed by atoms with E-state index in [4.69, 9.17) is 10.7 Å². The SMILES string of the molecule is Nc1ccccc1N=C1CC(=O)c2ccc(C(=O)/C=C/c3ccccc3)c3cccc1c23. The van der Waals surface area contributed by atoms with Crippen LogP contribution in [-0.4, -0.2) is 17.3 Å². The molecule has 4 nitrogen and oxygen atoms in total. The number of anilines is 1. The van der Waals surface area contributed by atoms with Gasteiger partial charge in [-0.25, -0.2) is 0 Å². The quantitative estimate of drug-likeness (QED) is 0.251. The van der Waals surface area contributed by atoms with Crippen molar-refractivity contribution < 1.29 is 9.59 Å². The molecule has 0 bridgehead atoms. The van der Waals surface area contributed by atoms with Crippen molar-refractivity contribution >= 4 is 45.5 Å². The summed E-state index contributed by atoms with van der Waals surface area (Å²) in [4.78, 5) is 30.7. The maximum Gasteiger partial charge on any atom is 0.186 e. The summed E-state index contributed by atoms with van der Waals surface area (Å²) < 4.78 is 0. The van der Waals surface area contributed by atoms with Crippen molar-refractivity contribution in [3.05, 3.63) is 113 Å². The number of hydrogen-bond acceptors (Lipinski definition) is 4. The van der Waals surface area contributed by atoms with Crippen LogP contribution in [0, 0.1) is 0 Å². The second kappa shape index (κ2) is 8.08. The number of nitrogen functional groups attached to an aromatic ring is 1. The monoisotopic (exact) mass is 416 g/mol. The first kappa shape index (κ1) is 19.6. The van der Waals surface area contributed by atoms with E-state index in [9.17, 15) is 9.59 Å². The van der Waals surface area contributed by atoms with E-state index >= 15 is 0 Å². The van der Waals surface area contributed by atoms with Crippen LogP contribution in [0.4, 0.5) is 11.4 Å². The van der Waals surface area contributed by atoms with Gasteiger partial charge in [-0.2, -0.15) is 0 Å². The molecule has 5 rings (SSSR count). The van der Waals surface area contributed by atoms with Crippen LogP contribution in [0.3, 0.4) is 0 Å². The summed E-state index contributed by atoms with van der Waals surface area (Å²) in [5, 5.41) is 1.53. The molecule has 0 amide bonds. The highest BCUT2D eigenvalue weighted by molar-refractivity contribution is 6.31. The van der Waals surface area contributed by atoms with Crippen LogP contribution < -0.4 is 5.73 Å². The average Bonchev–Trinajstić information content (AvgIpc) is 2.82. The molecule has 0 saturated carbocycles. The van der Waals surface area contributed by atoms with Gasteiger partial charge in [0.05, 0.1) is 23.5 Å². The molecule has 154 valence electrons.